The summed E-state index contributed by atoms with van der Waals surface area (Å²) in [6.45, 7) is 2.19. The maximum Gasteiger partial charge on any atom is 0.243 e. The minimum Gasteiger partial charge on any atom is -0.395 e. The van der Waals surface area contributed by atoms with E-state index in [1.165, 1.54) is 24.3 Å². The van der Waals surface area contributed by atoms with Crippen molar-refractivity contribution >= 4 is 10.0 Å². The van der Waals surface area contributed by atoms with E-state index in [0.717, 1.165) is 32.2 Å². The Balaban J connectivity index is 1.76. The maximum absolute atomic E-state index is 13.0. The zero-order valence-corrected chi connectivity index (χ0v) is 13.9. The Bertz CT molecular complexity index is 635. The Kier molecular flexibility index (Phi) is 5.01. The van der Waals surface area contributed by atoms with Crippen molar-refractivity contribution in [1.29, 1.82) is 0 Å². The highest BCUT2D eigenvalue weighted by atomic mass is 32.2. The lowest BCUT2D eigenvalue weighted by molar-refractivity contribution is 0.140. The number of halogens is 1. The number of aliphatic hydroxyl groups is 1. The lowest BCUT2D eigenvalue weighted by atomic mass is 10.2. The van der Waals surface area contributed by atoms with E-state index in [-0.39, 0.29) is 23.6 Å². The largest absolute Gasteiger partial charge is 0.395 e. The summed E-state index contributed by atoms with van der Waals surface area (Å²) < 4.78 is 40.2. The molecule has 2 aliphatic rings. The summed E-state index contributed by atoms with van der Waals surface area (Å²) in [4.78, 5) is 2.34. The molecule has 7 heteroatoms. The molecule has 1 N–H and O–H groups in total. The molecule has 2 saturated heterocycles. The van der Waals surface area contributed by atoms with E-state index in [4.69, 9.17) is 0 Å². The van der Waals surface area contributed by atoms with Crippen LogP contribution in [0.1, 0.15) is 25.7 Å². The molecule has 2 heterocycles. The fraction of sp³-hybridized carbons (Fsp3) is 0.625. The van der Waals surface area contributed by atoms with Crippen LogP contribution in [-0.4, -0.2) is 61.1 Å². The Morgan fingerprint density at radius 3 is 2.43 bits per heavy atom. The molecule has 0 amide bonds. The van der Waals surface area contributed by atoms with Crippen LogP contribution >= 0.6 is 0 Å². The third-order valence-electron chi connectivity index (χ3n) is 4.90. The molecule has 2 atom stereocenters. The number of likely N-dealkylation sites (tertiary alicyclic amines) is 1. The fourth-order valence-corrected chi connectivity index (χ4v) is 5.35. The average molecular weight is 342 g/mol. The highest BCUT2D eigenvalue weighted by molar-refractivity contribution is 7.89. The predicted octanol–water partition coefficient (Wildman–Crippen LogP) is 1.44. The molecule has 1 aromatic carbocycles. The molecule has 3 rings (SSSR count). The van der Waals surface area contributed by atoms with Crippen LogP contribution in [0.5, 0.6) is 0 Å². The van der Waals surface area contributed by atoms with Gasteiger partial charge in [-0.25, -0.2) is 12.8 Å². The number of aliphatic hydroxyl groups excluding tert-OH is 1. The van der Waals surface area contributed by atoms with Gasteiger partial charge in [0.05, 0.1) is 11.5 Å². The number of rotatable bonds is 5. The van der Waals surface area contributed by atoms with Gasteiger partial charge in [0, 0.05) is 25.2 Å². The van der Waals surface area contributed by atoms with Gasteiger partial charge < -0.3 is 5.11 Å². The number of hydrogen-bond acceptors (Lipinski definition) is 4. The smallest absolute Gasteiger partial charge is 0.243 e. The van der Waals surface area contributed by atoms with Gasteiger partial charge in [0.2, 0.25) is 10.0 Å². The molecule has 5 nitrogen and oxygen atoms in total. The monoisotopic (exact) mass is 342 g/mol. The van der Waals surface area contributed by atoms with E-state index in [0.29, 0.717) is 13.1 Å². The summed E-state index contributed by atoms with van der Waals surface area (Å²) in [6, 6.07) is 5.09. The Morgan fingerprint density at radius 1 is 1.09 bits per heavy atom. The average Bonchev–Trinajstić information content (AvgIpc) is 3.17. The molecule has 0 radical (unpaired) electrons. The zero-order valence-electron chi connectivity index (χ0n) is 13.1. The van der Waals surface area contributed by atoms with Crippen molar-refractivity contribution < 1.29 is 17.9 Å². The van der Waals surface area contributed by atoms with E-state index >= 15 is 0 Å². The lowest BCUT2D eigenvalue weighted by Gasteiger charge is -2.30. The number of hydrogen-bond donors (Lipinski definition) is 1. The van der Waals surface area contributed by atoms with Crippen LogP contribution < -0.4 is 0 Å². The van der Waals surface area contributed by atoms with E-state index in [1.807, 2.05) is 0 Å². The molecule has 0 aromatic heterocycles. The third kappa shape index (κ3) is 3.42. The van der Waals surface area contributed by atoms with E-state index in [1.54, 1.807) is 4.31 Å². The maximum atomic E-state index is 13.0. The number of benzene rings is 1. The van der Waals surface area contributed by atoms with Crippen LogP contribution in [0.25, 0.3) is 0 Å². The summed E-state index contributed by atoms with van der Waals surface area (Å²) in [5.41, 5.74) is 0. The molecule has 0 aliphatic carbocycles. The first-order valence-electron chi connectivity index (χ1n) is 8.14. The van der Waals surface area contributed by atoms with Crippen LogP contribution in [0.2, 0.25) is 0 Å². The van der Waals surface area contributed by atoms with Crippen LogP contribution in [0, 0.1) is 5.82 Å². The van der Waals surface area contributed by atoms with Crippen molar-refractivity contribution in [3.05, 3.63) is 30.1 Å². The summed E-state index contributed by atoms with van der Waals surface area (Å²) in [5, 5.41) is 9.43. The molecule has 0 bridgehead atoms. The Hall–Kier alpha value is -1.02. The summed E-state index contributed by atoms with van der Waals surface area (Å²) in [7, 11) is -3.59. The summed E-state index contributed by atoms with van der Waals surface area (Å²) in [6.07, 6.45) is 3.67. The molecule has 0 spiro atoms. The van der Waals surface area contributed by atoms with Gasteiger partial charge in [-0.1, -0.05) is 0 Å². The topological polar surface area (TPSA) is 60.9 Å². The van der Waals surface area contributed by atoms with Gasteiger partial charge in [0.25, 0.3) is 0 Å². The highest BCUT2D eigenvalue weighted by Gasteiger charge is 2.37. The molecule has 2 unspecified atom stereocenters. The van der Waals surface area contributed by atoms with E-state index in [9.17, 15) is 17.9 Å². The van der Waals surface area contributed by atoms with Gasteiger partial charge >= 0.3 is 0 Å². The van der Waals surface area contributed by atoms with Gasteiger partial charge in [-0.2, -0.15) is 4.31 Å². The van der Waals surface area contributed by atoms with Crippen molar-refractivity contribution in [1.82, 2.24) is 9.21 Å². The van der Waals surface area contributed by atoms with Crippen molar-refractivity contribution in [2.45, 2.75) is 42.7 Å². The van der Waals surface area contributed by atoms with Crippen molar-refractivity contribution in [3.8, 4) is 0 Å². The molecule has 2 fully saturated rings. The summed E-state index contributed by atoms with van der Waals surface area (Å²) in [5.74, 6) is -0.440. The molecule has 0 saturated carbocycles. The number of nitrogens with zero attached hydrogens (tertiary/aromatic N) is 2. The molecule has 128 valence electrons. The van der Waals surface area contributed by atoms with Gasteiger partial charge in [-0.15, -0.1) is 0 Å². The molecular weight excluding hydrogens is 319 g/mol. The Morgan fingerprint density at radius 2 is 1.74 bits per heavy atom. The first-order chi connectivity index (χ1) is 11.0. The quantitative estimate of drug-likeness (QED) is 0.879. The van der Waals surface area contributed by atoms with E-state index < -0.39 is 15.8 Å². The SMILES string of the molecule is O=S(=O)(c1ccc(F)cc1)N1CCCC1CN1CCCC1CO. The second-order valence-corrected chi connectivity index (χ2v) is 8.23. The standard InChI is InChI=1S/C16H23FN2O3S/c17-13-5-7-16(8-6-13)23(21,22)19-10-2-3-14(19)11-18-9-1-4-15(18)12-20/h5-8,14-15,20H,1-4,9-12H2. The summed E-state index contributed by atoms with van der Waals surface area (Å²) >= 11 is 0. The predicted molar refractivity (Wildman–Crippen MR) is 85.0 cm³/mol. The second-order valence-electron chi connectivity index (χ2n) is 6.34. The molecular formula is C16H23FN2O3S. The highest BCUT2D eigenvalue weighted by Crippen LogP contribution is 2.28. The van der Waals surface area contributed by atoms with Crippen LogP contribution in [0.15, 0.2) is 29.2 Å². The van der Waals surface area contributed by atoms with Gasteiger partial charge in [0.1, 0.15) is 5.82 Å². The minimum atomic E-state index is -3.59. The van der Waals surface area contributed by atoms with Crippen LogP contribution in [0.3, 0.4) is 0 Å². The Labute approximate surface area is 136 Å². The van der Waals surface area contributed by atoms with Crippen LogP contribution in [0.4, 0.5) is 4.39 Å². The fourth-order valence-electron chi connectivity index (χ4n) is 3.66. The lowest BCUT2D eigenvalue weighted by Crippen LogP contribution is -2.45. The molecule has 2 aliphatic heterocycles. The van der Waals surface area contributed by atoms with Crippen molar-refractivity contribution in [3.63, 3.8) is 0 Å². The normalized spacial score (nSPS) is 26.9. The zero-order chi connectivity index (χ0) is 16.4. The molecule has 1 aromatic rings. The minimum absolute atomic E-state index is 0.0720. The van der Waals surface area contributed by atoms with E-state index in [2.05, 4.69) is 4.90 Å². The van der Waals surface area contributed by atoms with Crippen molar-refractivity contribution in [2.24, 2.45) is 0 Å². The first kappa shape index (κ1) is 16.8. The van der Waals surface area contributed by atoms with Crippen molar-refractivity contribution in [2.75, 3.05) is 26.2 Å². The van der Waals surface area contributed by atoms with Gasteiger partial charge in [-0.05, 0) is 56.5 Å². The van der Waals surface area contributed by atoms with Gasteiger partial charge in [-0.3, -0.25) is 4.90 Å². The molecule has 23 heavy (non-hydrogen) atoms. The second kappa shape index (κ2) is 6.84. The third-order valence-corrected chi connectivity index (χ3v) is 6.86. The van der Waals surface area contributed by atoms with Gasteiger partial charge in [0.15, 0.2) is 0 Å². The number of sulfonamides is 1. The first-order valence-corrected chi connectivity index (χ1v) is 9.58. The van der Waals surface area contributed by atoms with Crippen LogP contribution in [-0.2, 0) is 10.0 Å².